The van der Waals surface area contributed by atoms with Gasteiger partial charge in [-0.2, -0.15) is 18.3 Å². The minimum atomic E-state index is -4.37. The number of halogens is 3. The molecule has 26 heavy (non-hydrogen) atoms. The number of benzene rings is 2. The van der Waals surface area contributed by atoms with Crippen molar-refractivity contribution in [3.05, 3.63) is 59.7 Å². The number of para-hydroxylation sites is 2. The number of H-pyrrole nitrogens is 2. The van der Waals surface area contributed by atoms with Crippen LogP contribution in [-0.4, -0.2) is 22.9 Å². The molecule has 134 valence electrons. The number of carbonyl (C=O) groups excluding carboxylic acids is 1. The summed E-state index contributed by atoms with van der Waals surface area (Å²) < 4.78 is 37.4. The molecule has 0 spiro atoms. The van der Waals surface area contributed by atoms with Gasteiger partial charge in [-0.3, -0.25) is 4.79 Å². The van der Waals surface area contributed by atoms with Crippen LogP contribution < -0.4 is 10.4 Å². The van der Waals surface area contributed by atoms with E-state index in [1.807, 2.05) is 24.3 Å². The summed E-state index contributed by atoms with van der Waals surface area (Å²) in [5, 5.41) is 4.49. The molecule has 1 amide bonds. The van der Waals surface area contributed by atoms with Gasteiger partial charge in [-0.15, -0.1) is 0 Å². The smallest absolute Gasteiger partial charge is 0.272 e. The van der Waals surface area contributed by atoms with Crippen LogP contribution in [0.4, 0.5) is 13.2 Å². The number of thioether (sulfide) groups is 1. The largest absolute Gasteiger partial charge is 0.416 e. The van der Waals surface area contributed by atoms with Crippen LogP contribution in [0.25, 0.3) is 11.0 Å². The summed E-state index contributed by atoms with van der Waals surface area (Å²) in [5.74, 6) is -0.196. The van der Waals surface area contributed by atoms with Crippen molar-refractivity contribution in [2.45, 2.75) is 11.3 Å². The number of fused-ring (bicyclic) bond motifs is 1. The summed E-state index contributed by atoms with van der Waals surface area (Å²) in [7, 11) is 0. The van der Waals surface area contributed by atoms with Crippen LogP contribution in [0, 0.1) is 0 Å². The van der Waals surface area contributed by atoms with Crippen molar-refractivity contribution in [1.29, 1.82) is 0 Å². The third kappa shape index (κ3) is 4.63. The third-order valence-corrected chi connectivity index (χ3v) is 4.31. The van der Waals surface area contributed by atoms with Crippen LogP contribution >= 0.6 is 11.8 Å². The molecule has 0 unspecified atom stereocenters. The standard InChI is InChI=1S/C17H13F3N4OS/c18-17(19,20)12-7-5-11(6-8-12)9-21-24-15(25)10-26-16-22-13-3-1-2-4-14(13)23-16/h1-9H,10H2,(H,22,23)(H,24,25)/p+1. The molecule has 0 fully saturated rings. The van der Waals surface area contributed by atoms with E-state index in [9.17, 15) is 18.0 Å². The monoisotopic (exact) mass is 379 g/mol. The predicted molar refractivity (Wildman–Crippen MR) is 92.8 cm³/mol. The molecule has 0 saturated heterocycles. The zero-order valence-electron chi connectivity index (χ0n) is 13.3. The maximum absolute atomic E-state index is 12.5. The van der Waals surface area contributed by atoms with E-state index in [2.05, 4.69) is 20.5 Å². The first kappa shape index (κ1) is 18.0. The first-order valence-corrected chi connectivity index (χ1v) is 8.52. The van der Waals surface area contributed by atoms with Gasteiger partial charge >= 0.3 is 11.3 Å². The summed E-state index contributed by atoms with van der Waals surface area (Å²) in [4.78, 5) is 18.1. The Morgan fingerprint density at radius 1 is 1.19 bits per heavy atom. The molecule has 1 heterocycles. The van der Waals surface area contributed by atoms with Crippen molar-refractivity contribution in [3.63, 3.8) is 0 Å². The molecule has 3 N–H and O–H groups in total. The number of hydrogen-bond donors (Lipinski definition) is 2. The number of carbonyl (C=O) groups is 1. The van der Waals surface area contributed by atoms with Crippen molar-refractivity contribution in [2.24, 2.45) is 5.10 Å². The van der Waals surface area contributed by atoms with Crippen LogP contribution in [0.3, 0.4) is 0 Å². The average molecular weight is 379 g/mol. The van der Waals surface area contributed by atoms with Gasteiger partial charge < -0.3 is 0 Å². The molecule has 0 radical (unpaired) electrons. The molecular weight excluding hydrogens is 365 g/mol. The summed E-state index contributed by atoms with van der Waals surface area (Å²) in [6, 6.07) is 12.1. The third-order valence-electron chi connectivity index (χ3n) is 3.41. The molecule has 0 aliphatic heterocycles. The molecule has 0 aliphatic rings. The fraction of sp³-hybridized carbons (Fsp3) is 0.118. The molecule has 5 nitrogen and oxygen atoms in total. The van der Waals surface area contributed by atoms with Crippen LogP contribution in [0.5, 0.6) is 0 Å². The molecule has 0 atom stereocenters. The number of amides is 1. The number of rotatable bonds is 5. The molecular formula is C17H14F3N4OS+. The Bertz CT molecular complexity index is 902. The second-order valence-electron chi connectivity index (χ2n) is 5.33. The number of alkyl halides is 3. The topological polar surface area (TPSA) is 71.4 Å². The zero-order valence-corrected chi connectivity index (χ0v) is 14.1. The van der Waals surface area contributed by atoms with Gasteiger partial charge in [0.2, 0.25) is 0 Å². The van der Waals surface area contributed by atoms with Crippen LogP contribution in [0.2, 0.25) is 0 Å². The first-order valence-electron chi connectivity index (χ1n) is 7.54. The van der Waals surface area contributed by atoms with E-state index in [4.69, 9.17) is 0 Å². The molecule has 3 rings (SSSR count). The van der Waals surface area contributed by atoms with Crippen molar-refractivity contribution < 1.29 is 22.9 Å². The lowest BCUT2D eigenvalue weighted by Gasteiger charge is -2.05. The van der Waals surface area contributed by atoms with E-state index in [0.717, 1.165) is 28.3 Å². The van der Waals surface area contributed by atoms with Gasteiger partial charge in [0.15, 0.2) is 11.0 Å². The number of nitrogens with zero attached hydrogens (tertiary/aromatic N) is 1. The average Bonchev–Trinajstić information content (AvgIpc) is 3.03. The fourth-order valence-electron chi connectivity index (χ4n) is 2.16. The Morgan fingerprint density at radius 3 is 2.62 bits per heavy atom. The van der Waals surface area contributed by atoms with Crippen LogP contribution in [0.1, 0.15) is 11.1 Å². The maximum atomic E-state index is 12.5. The highest BCUT2D eigenvalue weighted by atomic mass is 32.2. The van der Waals surface area contributed by atoms with Crippen molar-refractivity contribution in [3.8, 4) is 0 Å². The highest BCUT2D eigenvalue weighted by molar-refractivity contribution is 7.99. The minimum absolute atomic E-state index is 0.133. The summed E-state index contributed by atoms with van der Waals surface area (Å²) in [6.07, 6.45) is -3.08. The van der Waals surface area contributed by atoms with Crippen LogP contribution in [0.15, 0.2) is 58.8 Å². The predicted octanol–water partition coefficient (Wildman–Crippen LogP) is 3.24. The number of imidazole rings is 1. The zero-order chi connectivity index (χ0) is 18.6. The molecule has 3 aromatic rings. The van der Waals surface area contributed by atoms with Crippen molar-refractivity contribution >= 4 is 34.9 Å². The Hall–Kier alpha value is -2.81. The van der Waals surface area contributed by atoms with Crippen molar-refractivity contribution in [2.75, 3.05) is 5.75 Å². The van der Waals surface area contributed by atoms with E-state index in [1.54, 1.807) is 0 Å². The fourth-order valence-corrected chi connectivity index (χ4v) is 2.86. The van der Waals surface area contributed by atoms with E-state index >= 15 is 0 Å². The maximum Gasteiger partial charge on any atom is 0.416 e. The molecule has 9 heteroatoms. The lowest BCUT2D eigenvalue weighted by Crippen LogP contribution is -2.20. The Morgan fingerprint density at radius 2 is 1.92 bits per heavy atom. The second-order valence-corrected chi connectivity index (χ2v) is 6.31. The summed E-state index contributed by atoms with van der Waals surface area (Å²) in [6.45, 7) is 0. The summed E-state index contributed by atoms with van der Waals surface area (Å²) >= 11 is 1.28. The number of aromatic amines is 2. The molecule has 0 bridgehead atoms. The minimum Gasteiger partial charge on any atom is -0.272 e. The van der Waals surface area contributed by atoms with Gasteiger partial charge in [-0.05, 0) is 41.6 Å². The van der Waals surface area contributed by atoms with E-state index in [0.29, 0.717) is 5.56 Å². The van der Waals surface area contributed by atoms with Crippen LogP contribution in [-0.2, 0) is 11.0 Å². The van der Waals surface area contributed by atoms with Gasteiger partial charge in [-0.25, -0.2) is 15.4 Å². The van der Waals surface area contributed by atoms with Gasteiger partial charge in [0, 0.05) is 0 Å². The van der Waals surface area contributed by atoms with E-state index in [1.165, 1.54) is 30.1 Å². The van der Waals surface area contributed by atoms with Crippen molar-refractivity contribution in [1.82, 2.24) is 10.4 Å². The van der Waals surface area contributed by atoms with Gasteiger partial charge in [0.1, 0.15) is 0 Å². The molecule has 0 aliphatic carbocycles. The number of hydrogen-bond acceptors (Lipinski definition) is 3. The lowest BCUT2D eigenvalue weighted by atomic mass is 10.1. The second kappa shape index (κ2) is 7.61. The number of aromatic nitrogens is 2. The summed E-state index contributed by atoms with van der Waals surface area (Å²) in [5.41, 5.74) is 3.94. The van der Waals surface area contributed by atoms with Gasteiger partial charge in [-0.1, -0.05) is 24.3 Å². The quantitative estimate of drug-likeness (QED) is 0.406. The lowest BCUT2D eigenvalue weighted by molar-refractivity contribution is -0.396. The van der Waals surface area contributed by atoms with Gasteiger partial charge in [0.25, 0.3) is 5.91 Å². The first-order chi connectivity index (χ1) is 12.4. The highest BCUT2D eigenvalue weighted by Crippen LogP contribution is 2.28. The Kier molecular flexibility index (Phi) is 5.27. The molecule has 2 aromatic carbocycles. The van der Waals surface area contributed by atoms with E-state index < -0.39 is 11.7 Å². The normalized spacial score (nSPS) is 12.0. The van der Waals surface area contributed by atoms with E-state index in [-0.39, 0.29) is 11.7 Å². The molecule has 0 saturated carbocycles. The molecule has 1 aromatic heterocycles. The van der Waals surface area contributed by atoms with Gasteiger partial charge in [0.05, 0.1) is 17.5 Å². The SMILES string of the molecule is O=C(CSc1[nH]c2ccccc2[nH+]1)NN=Cc1ccc(C(F)(F)F)cc1. The number of hydrazone groups is 1. The Labute approximate surface area is 150 Å². The number of nitrogens with one attached hydrogen (secondary N) is 3. The Balaban J connectivity index is 1.49. The highest BCUT2D eigenvalue weighted by Gasteiger charge is 2.29.